The van der Waals surface area contributed by atoms with Crippen molar-refractivity contribution >= 4 is 11.9 Å². The maximum atomic E-state index is 10.7. The highest BCUT2D eigenvalue weighted by molar-refractivity contribution is 5.98. The Morgan fingerprint density at radius 3 is 1.85 bits per heavy atom. The summed E-state index contributed by atoms with van der Waals surface area (Å²) in [6, 6.07) is 0. The first-order chi connectivity index (χ1) is 5.86. The lowest BCUT2D eigenvalue weighted by Crippen LogP contribution is -2.11. The minimum atomic E-state index is -1.17. The van der Waals surface area contributed by atoms with Gasteiger partial charge in [-0.1, -0.05) is 13.8 Å². The van der Waals surface area contributed by atoms with E-state index >= 15 is 0 Å². The van der Waals surface area contributed by atoms with Gasteiger partial charge in [0.2, 0.25) is 0 Å². The highest BCUT2D eigenvalue weighted by atomic mass is 16.4. The zero-order chi connectivity index (χ0) is 10.6. The summed E-state index contributed by atoms with van der Waals surface area (Å²) in [6.07, 6.45) is 0.285. The van der Waals surface area contributed by atoms with Gasteiger partial charge in [-0.05, 0) is 19.3 Å². The topological polar surface area (TPSA) is 74.6 Å². The fourth-order valence-corrected chi connectivity index (χ4v) is 0.938. The lowest BCUT2D eigenvalue weighted by atomic mass is 9.99. The second kappa shape index (κ2) is 4.64. The number of carboxylic acid groups (broad SMARTS) is 2. The third-order valence-electron chi connectivity index (χ3n) is 1.64. The fourth-order valence-electron chi connectivity index (χ4n) is 0.938. The number of carboxylic acids is 2. The van der Waals surface area contributed by atoms with Gasteiger partial charge < -0.3 is 10.2 Å². The Hall–Kier alpha value is -1.32. The Morgan fingerprint density at radius 1 is 1.15 bits per heavy atom. The van der Waals surface area contributed by atoms with Crippen LogP contribution < -0.4 is 0 Å². The van der Waals surface area contributed by atoms with Crippen molar-refractivity contribution in [1.82, 2.24) is 0 Å². The molecule has 0 bridgehead atoms. The van der Waals surface area contributed by atoms with Gasteiger partial charge in [0, 0.05) is 11.1 Å². The van der Waals surface area contributed by atoms with Crippen molar-refractivity contribution in [3.63, 3.8) is 0 Å². The normalized spacial score (nSPS) is 12.6. The van der Waals surface area contributed by atoms with Gasteiger partial charge in [-0.3, -0.25) is 0 Å². The molecule has 74 valence electrons. The maximum absolute atomic E-state index is 10.7. The summed E-state index contributed by atoms with van der Waals surface area (Å²) in [5.41, 5.74) is -0.0938. The van der Waals surface area contributed by atoms with Gasteiger partial charge >= 0.3 is 11.9 Å². The Labute approximate surface area is 76.9 Å². The predicted octanol–water partition coefficient (Wildman–Crippen LogP) is 1.52. The lowest BCUT2D eigenvalue weighted by Gasteiger charge is -2.07. The van der Waals surface area contributed by atoms with E-state index in [1.165, 1.54) is 6.92 Å². The summed E-state index contributed by atoms with van der Waals surface area (Å²) in [5.74, 6) is -2.17. The molecule has 4 heteroatoms. The highest BCUT2D eigenvalue weighted by Crippen LogP contribution is 2.15. The summed E-state index contributed by atoms with van der Waals surface area (Å²) in [5, 5.41) is 17.3. The van der Waals surface area contributed by atoms with Gasteiger partial charge in [-0.15, -0.1) is 0 Å². The third kappa shape index (κ3) is 3.73. The van der Waals surface area contributed by atoms with Crippen LogP contribution in [0.25, 0.3) is 0 Å². The van der Waals surface area contributed by atoms with Crippen molar-refractivity contribution < 1.29 is 19.8 Å². The standard InChI is InChI=1S/C9H14O4/c1-5(2)4-7(9(12)13)6(3)8(10)11/h5H,4H2,1-3H3,(H,10,11)(H,12,13)/b7-6-. The molecule has 0 aliphatic heterocycles. The second-order valence-electron chi connectivity index (χ2n) is 3.31. The maximum Gasteiger partial charge on any atom is 0.332 e. The summed E-state index contributed by atoms with van der Waals surface area (Å²) in [4.78, 5) is 21.2. The predicted molar refractivity (Wildman–Crippen MR) is 47.4 cm³/mol. The number of rotatable bonds is 4. The summed E-state index contributed by atoms with van der Waals surface area (Å²) in [7, 11) is 0. The van der Waals surface area contributed by atoms with Crippen molar-refractivity contribution in [3.05, 3.63) is 11.1 Å². The van der Waals surface area contributed by atoms with Crippen LogP contribution in [-0.2, 0) is 9.59 Å². The van der Waals surface area contributed by atoms with Crippen molar-refractivity contribution in [3.8, 4) is 0 Å². The minimum Gasteiger partial charge on any atom is -0.478 e. The molecular formula is C9H14O4. The molecule has 0 amide bonds. The van der Waals surface area contributed by atoms with Crippen molar-refractivity contribution in [1.29, 1.82) is 0 Å². The molecule has 0 heterocycles. The van der Waals surface area contributed by atoms with Crippen molar-refractivity contribution in [2.75, 3.05) is 0 Å². The summed E-state index contributed by atoms with van der Waals surface area (Å²) < 4.78 is 0. The molecule has 0 atom stereocenters. The molecular weight excluding hydrogens is 172 g/mol. The second-order valence-corrected chi connectivity index (χ2v) is 3.31. The molecule has 0 aliphatic rings. The van der Waals surface area contributed by atoms with Gasteiger partial charge in [0.05, 0.1) is 0 Å². The van der Waals surface area contributed by atoms with E-state index in [0.29, 0.717) is 0 Å². The van der Waals surface area contributed by atoms with Gasteiger partial charge in [0.15, 0.2) is 0 Å². The van der Waals surface area contributed by atoms with Crippen LogP contribution in [-0.4, -0.2) is 22.2 Å². The molecule has 0 aromatic carbocycles. The van der Waals surface area contributed by atoms with Crippen LogP contribution in [0.15, 0.2) is 11.1 Å². The van der Waals surface area contributed by atoms with E-state index in [-0.39, 0.29) is 23.5 Å². The van der Waals surface area contributed by atoms with E-state index < -0.39 is 11.9 Å². The Morgan fingerprint density at radius 2 is 1.62 bits per heavy atom. The molecule has 13 heavy (non-hydrogen) atoms. The van der Waals surface area contributed by atoms with E-state index in [9.17, 15) is 9.59 Å². The van der Waals surface area contributed by atoms with Gasteiger partial charge in [-0.2, -0.15) is 0 Å². The van der Waals surface area contributed by atoms with Gasteiger partial charge in [0.1, 0.15) is 0 Å². The first-order valence-electron chi connectivity index (χ1n) is 4.02. The van der Waals surface area contributed by atoms with Crippen LogP contribution in [0.1, 0.15) is 27.2 Å². The van der Waals surface area contributed by atoms with Crippen LogP contribution in [0.4, 0.5) is 0 Å². The molecule has 0 saturated heterocycles. The van der Waals surface area contributed by atoms with Crippen LogP contribution in [0.2, 0.25) is 0 Å². The molecule has 4 nitrogen and oxygen atoms in total. The number of carbonyl (C=O) groups is 2. The highest BCUT2D eigenvalue weighted by Gasteiger charge is 2.16. The number of hydrogen-bond acceptors (Lipinski definition) is 2. The Kier molecular flexibility index (Phi) is 4.17. The van der Waals surface area contributed by atoms with Crippen molar-refractivity contribution in [2.45, 2.75) is 27.2 Å². The average molecular weight is 186 g/mol. The molecule has 0 radical (unpaired) electrons. The SMILES string of the molecule is C/C(C(=O)O)=C(\CC(C)C)C(=O)O. The molecule has 0 unspecified atom stereocenters. The summed E-state index contributed by atoms with van der Waals surface area (Å²) >= 11 is 0. The van der Waals surface area contributed by atoms with E-state index in [0.717, 1.165) is 0 Å². The van der Waals surface area contributed by atoms with Gasteiger partial charge in [-0.25, -0.2) is 9.59 Å². The largest absolute Gasteiger partial charge is 0.478 e. The third-order valence-corrected chi connectivity index (χ3v) is 1.64. The quantitative estimate of drug-likeness (QED) is 0.653. The molecule has 0 aromatic rings. The number of aliphatic carboxylic acids is 2. The van der Waals surface area contributed by atoms with Crippen LogP contribution in [0.5, 0.6) is 0 Å². The van der Waals surface area contributed by atoms with Crippen molar-refractivity contribution in [2.24, 2.45) is 5.92 Å². The molecule has 0 fully saturated rings. The van der Waals surface area contributed by atoms with E-state index in [4.69, 9.17) is 10.2 Å². The van der Waals surface area contributed by atoms with E-state index in [1.807, 2.05) is 13.8 Å². The smallest absolute Gasteiger partial charge is 0.332 e. The molecule has 0 aliphatic carbocycles. The molecule has 0 aromatic heterocycles. The monoisotopic (exact) mass is 186 g/mol. The number of hydrogen-bond donors (Lipinski definition) is 2. The fraction of sp³-hybridized carbons (Fsp3) is 0.556. The molecule has 0 saturated carbocycles. The summed E-state index contributed by atoms with van der Waals surface area (Å²) in [6.45, 7) is 5.00. The first kappa shape index (κ1) is 11.7. The first-order valence-corrected chi connectivity index (χ1v) is 4.02. The van der Waals surface area contributed by atoms with E-state index in [1.54, 1.807) is 0 Å². The van der Waals surface area contributed by atoms with Crippen LogP contribution in [0.3, 0.4) is 0 Å². The van der Waals surface area contributed by atoms with Crippen LogP contribution >= 0.6 is 0 Å². The van der Waals surface area contributed by atoms with E-state index in [2.05, 4.69) is 0 Å². The Bertz CT molecular complexity index is 250. The lowest BCUT2D eigenvalue weighted by molar-refractivity contribution is -0.136. The molecule has 0 spiro atoms. The van der Waals surface area contributed by atoms with Gasteiger partial charge in [0.25, 0.3) is 0 Å². The zero-order valence-electron chi connectivity index (χ0n) is 8.00. The Balaban J connectivity index is 4.89. The molecule has 0 rings (SSSR count). The van der Waals surface area contributed by atoms with Crippen LogP contribution in [0, 0.1) is 5.92 Å². The molecule has 2 N–H and O–H groups in total. The zero-order valence-corrected chi connectivity index (χ0v) is 8.00. The minimum absolute atomic E-state index is 0.0116. The average Bonchev–Trinajstić information content (AvgIpc) is 1.97.